The molecule has 0 fully saturated rings. The van der Waals surface area contributed by atoms with Crippen molar-refractivity contribution < 1.29 is 9.84 Å². The highest BCUT2D eigenvalue weighted by Gasteiger charge is 2.36. The lowest BCUT2D eigenvalue weighted by atomic mass is 9.69. The molecule has 68 valence electrons. The monoisotopic (exact) mass is 160 g/mol. The fraction of sp³-hybridized carbons (Fsp3) is 1.00. The van der Waals surface area contributed by atoms with Crippen LogP contribution in [0.15, 0.2) is 0 Å². The van der Waals surface area contributed by atoms with Gasteiger partial charge in [-0.3, -0.25) is 0 Å². The van der Waals surface area contributed by atoms with E-state index in [4.69, 9.17) is 4.74 Å². The minimum atomic E-state index is -0.137. The second-order valence-electron chi connectivity index (χ2n) is 4.40. The third-order valence-electron chi connectivity index (χ3n) is 2.62. The molecular formula is C9H20O2. The number of methoxy groups -OCH3 is 1. The number of rotatable bonds is 3. The van der Waals surface area contributed by atoms with Gasteiger partial charge in [-0.05, 0) is 5.41 Å². The molecule has 1 atom stereocenters. The van der Waals surface area contributed by atoms with Crippen molar-refractivity contribution in [3.8, 4) is 0 Å². The second kappa shape index (κ2) is 3.55. The van der Waals surface area contributed by atoms with Crippen molar-refractivity contribution in [3.05, 3.63) is 0 Å². The Labute approximate surface area is 69.6 Å². The van der Waals surface area contributed by atoms with E-state index in [9.17, 15) is 5.11 Å². The Balaban J connectivity index is 4.33. The van der Waals surface area contributed by atoms with E-state index in [-0.39, 0.29) is 17.4 Å². The van der Waals surface area contributed by atoms with Crippen molar-refractivity contribution in [1.29, 1.82) is 0 Å². The Morgan fingerprint density at radius 2 is 1.64 bits per heavy atom. The summed E-state index contributed by atoms with van der Waals surface area (Å²) in [6.07, 6.45) is 0. The smallest absolute Gasteiger partial charge is 0.0543 e. The summed E-state index contributed by atoms with van der Waals surface area (Å²) in [4.78, 5) is 0. The lowest BCUT2D eigenvalue weighted by Crippen LogP contribution is -2.40. The number of ether oxygens (including phenoxy) is 1. The molecule has 2 nitrogen and oxygen atoms in total. The van der Waals surface area contributed by atoms with Gasteiger partial charge >= 0.3 is 0 Å². The highest BCUT2D eigenvalue weighted by Crippen LogP contribution is 2.37. The first kappa shape index (κ1) is 10.9. The third kappa shape index (κ3) is 2.46. The van der Waals surface area contributed by atoms with Gasteiger partial charge in [-0.2, -0.15) is 0 Å². The molecule has 0 bridgehead atoms. The maximum Gasteiger partial charge on any atom is 0.0543 e. The Hall–Kier alpha value is -0.0800. The van der Waals surface area contributed by atoms with Crippen LogP contribution >= 0.6 is 0 Å². The van der Waals surface area contributed by atoms with E-state index < -0.39 is 0 Å². The number of aliphatic hydroxyl groups is 1. The first-order valence-electron chi connectivity index (χ1n) is 3.97. The SMILES string of the molecule is COCC(C)(CO)C(C)(C)C. The first-order valence-corrected chi connectivity index (χ1v) is 3.97. The molecule has 0 aliphatic carbocycles. The molecule has 0 aliphatic rings. The fourth-order valence-electron chi connectivity index (χ4n) is 0.818. The van der Waals surface area contributed by atoms with Gasteiger partial charge in [0.2, 0.25) is 0 Å². The van der Waals surface area contributed by atoms with Crippen LogP contribution in [0.1, 0.15) is 27.7 Å². The maximum absolute atomic E-state index is 9.17. The van der Waals surface area contributed by atoms with E-state index in [1.54, 1.807) is 7.11 Å². The third-order valence-corrected chi connectivity index (χ3v) is 2.62. The van der Waals surface area contributed by atoms with Gasteiger partial charge in [-0.25, -0.2) is 0 Å². The van der Waals surface area contributed by atoms with Gasteiger partial charge in [-0.1, -0.05) is 27.7 Å². The van der Waals surface area contributed by atoms with Crippen molar-refractivity contribution in [2.45, 2.75) is 27.7 Å². The zero-order valence-corrected chi connectivity index (χ0v) is 8.27. The Morgan fingerprint density at radius 3 is 1.73 bits per heavy atom. The van der Waals surface area contributed by atoms with Crippen molar-refractivity contribution in [1.82, 2.24) is 0 Å². The van der Waals surface area contributed by atoms with E-state index in [2.05, 4.69) is 20.8 Å². The molecule has 0 aromatic rings. The molecule has 1 unspecified atom stereocenters. The molecular weight excluding hydrogens is 140 g/mol. The zero-order chi connectivity index (χ0) is 9.12. The molecule has 0 amide bonds. The van der Waals surface area contributed by atoms with Crippen LogP contribution in [-0.2, 0) is 4.74 Å². The molecule has 0 rings (SSSR count). The fourth-order valence-corrected chi connectivity index (χ4v) is 0.818. The molecule has 0 saturated carbocycles. The largest absolute Gasteiger partial charge is 0.396 e. The van der Waals surface area contributed by atoms with Crippen LogP contribution in [0.5, 0.6) is 0 Å². The number of hydrogen-bond acceptors (Lipinski definition) is 2. The van der Waals surface area contributed by atoms with Gasteiger partial charge in [0.05, 0.1) is 13.2 Å². The minimum Gasteiger partial charge on any atom is -0.396 e. The lowest BCUT2D eigenvalue weighted by molar-refractivity contribution is -0.0332. The first-order chi connectivity index (χ1) is 4.87. The highest BCUT2D eigenvalue weighted by molar-refractivity contribution is 4.85. The maximum atomic E-state index is 9.17. The average Bonchev–Trinajstić information content (AvgIpc) is 1.86. The summed E-state index contributed by atoms with van der Waals surface area (Å²) in [7, 11) is 1.67. The van der Waals surface area contributed by atoms with Gasteiger partial charge in [0.15, 0.2) is 0 Å². The standard InChI is InChI=1S/C9H20O2/c1-8(2,3)9(4,6-10)7-11-5/h10H,6-7H2,1-5H3. The van der Waals surface area contributed by atoms with Gasteiger partial charge in [-0.15, -0.1) is 0 Å². The predicted octanol–water partition coefficient (Wildman–Crippen LogP) is 1.68. The number of hydrogen-bond donors (Lipinski definition) is 1. The van der Waals surface area contributed by atoms with Gasteiger partial charge in [0.25, 0.3) is 0 Å². The van der Waals surface area contributed by atoms with Crippen LogP contribution in [0.3, 0.4) is 0 Å². The zero-order valence-electron chi connectivity index (χ0n) is 8.27. The Kier molecular flexibility index (Phi) is 3.52. The molecule has 0 aliphatic heterocycles. The molecule has 0 radical (unpaired) electrons. The molecule has 0 saturated heterocycles. The summed E-state index contributed by atoms with van der Waals surface area (Å²) < 4.78 is 5.06. The normalized spacial score (nSPS) is 18.0. The van der Waals surface area contributed by atoms with Crippen molar-refractivity contribution in [2.24, 2.45) is 10.8 Å². The van der Waals surface area contributed by atoms with Crippen molar-refractivity contribution in [2.75, 3.05) is 20.3 Å². The minimum absolute atomic E-state index is 0.0811. The Morgan fingerprint density at radius 1 is 1.18 bits per heavy atom. The molecule has 1 N–H and O–H groups in total. The van der Waals surface area contributed by atoms with Crippen LogP contribution in [-0.4, -0.2) is 25.4 Å². The quantitative estimate of drug-likeness (QED) is 0.680. The van der Waals surface area contributed by atoms with Crippen LogP contribution in [0.25, 0.3) is 0 Å². The lowest BCUT2D eigenvalue weighted by Gasteiger charge is -2.39. The molecule has 0 aromatic heterocycles. The molecule has 0 spiro atoms. The van der Waals surface area contributed by atoms with Gasteiger partial charge in [0, 0.05) is 12.5 Å². The predicted molar refractivity (Wildman–Crippen MR) is 46.5 cm³/mol. The highest BCUT2D eigenvalue weighted by atomic mass is 16.5. The number of aliphatic hydroxyl groups excluding tert-OH is 1. The summed E-state index contributed by atoms with van der Waals surface area (Å²) in [5.74, 6) is 0. The van der Waals surface area contributed by atoms with E-state index in [1.807, 2.05) is 6.92 Å². The molecule has 2 heteroatoms. The van der Waals surface area contributed by atoms with Crippen LogP contribution in [0, 0.1) is 10.8 Å². The van der Waals surface area contributed by atoms with E-state index in [1.165, 1.54) is 0 Å². The summed E-state index contributed by atoms with van der Waals surface area (Å²) in [6.45, 7) is 9.15. The van der Waals surface area contributed by atoms with Gasteiger partial charge < -0.3 is 9.84 Å². The van der Waals surface area contributed by atoms with E-state index in [0.717, 1.165) is 0 Å². The molecule has 11 heavy (non-hydrogen) atoms. The topological polar surface area (TPSA) is 29.5 Å². The van der Waals surface area contributed by atoms with Crippen LogP contribution in [0.2, 0.25) is 0 Å². The summed E-state index contributed by atoms with van der Waals surface area (Å²) in [6, 6.07) is 0. The molecule has 0 aromatic carbocycles. The van der Waals surface area contributed by atoms with Crippen molar-refractivity contribution in [3.63, 3.8) is 0 Å². The molecule has 0 heterocycles. The summed E-state index contributed by atoms with van der Waals surface area (Å²) in [5, 5.41) is 9.17. The van der Waals surface area contributed by atoms with E-state index in [0.29, 0.717) is 6.61 Å². The van der Waals surface area contributed by atoms with Crippen LogP contribution in [0.4, 0.5) is 0 Å². The van der Waals surface area contributed by atoms with Crippen LogP contribution < -0.4 is 0 Å². The van der Waals surface area contributed by atoms with E-state index >= 15 is 0 Å². The Bertz CT molecular complexity index is 115. The van der Waals surface area contributed by atoms with Crippen molar-refractivity contribution >= 4 is 0 Å². The van der Waals surface area contributed by atoms with Gasteiger partial charge in [0.1, 0.15) is 0 Å². The summed E-state index contributed by atoms with van der Waals surface area (Å²) in [5.41, 5.74) is -0.0560. The summed E-state index contributed by atoms with van der Waals surface area (Å²) >= 11 is 0. The average molecular weight is 160 g/mol. The second-order valence-corrected chi connectivity index (χ2v) is 4.40.